The molecule has 7 nitrogen and oxygen atoms in total. The van der Waals surface area contributed by atoms with E-state index in [-0.39, 0.29) is 10.5 Å². The number of hydrogen-bond acceptors (Lipinski definition) is 5. The minimum absolute atomic E-state index is 0.156. The minimum Gasteiger partial charge on any atom is -0.495 e. The third-order valence-corrected chi connectivity index (χ3v) is 6.91. The van der Waals surface area contributed by atoms with Crippen molar-refractivity contribution < 1.29 is 13.2 Å². The Morgan fingerprint density at radius 1 is 1.07 bits per heavy atom. The summed E-state index contributed by atoms with van der Waals surface area (Å²) in [7, 11) is -2.38. The van der Waals surface area contributed by atoms with Crippen LogP contribution in [0.3, 0.4) is 0 Å². The van der Waals surface area contributed by atoms with E-state index in [1.54, 1.807) is 43.3 Å². The quantitative estimate of drug-likeness (QED) is 0.652. The number of rotatable bonds is 5. The van der Waals surface area contributed by atoms with E-state index in [1.165, 1.54) is 7.11 Å². The van der Waals surface area contributed by atoms with Crippen LogP contribution in [0.25, 0.3) is 11.3 Å². The molecule has 2 aromatic carbocycles. The van der Waals surface area contributed by atoms with Crippen LogP contribution in [-0.2, 0) is 22.9 Å². The minimum atomic E-state index is -3.87. The summed E-state index contributed by atoms with van der Waals surface area (Å²) in [6.07, 6.45) is 3.43. The third-order valence-electron chi connectivity index (χ3n) is 5.40. The van der Waals surface area contributed by atoms with Crippen LogP contribution in [-0.4, -0.2) is 25.7 Å². The zero-order chi connectivity index (χ0) is 21.3. The lowest BCUT2D eigenvalue weighted by atomic mass is 9.90. The van der Waals surface area contributed by atoms with Crippen molar-refractivity contribution in [3.63, 3.8) is 0 Å². The van der Waals surface area contributed by atoms with Crippen molar-refractivity contribution in [3.8, 4) is 17.0 Å². The summed E-state index contributed by atoms with van der Waals surface area (Å²) in [5, 5.41) is 6.82. The molecule has 0 aliphatic heterocycles. The smallest absolute Gasteiger partial charge is 0.267 e. The molecule has 0 saturated heterocycles. The van der Waals surface area contributed by atoms with Crippen molar-refractivity contribution in [1.82, 2.24) is 10.2 Å². The Labute approximate surface area is 175 Å². The molecular weight excluding hydrogens is 402 g/mol. The summed E-state index contributed by atoms with van der Waals surface area (Å²) in [6, 6.07) is 12.1. The molecule has 0 saturated carbocycles. The molecule has 3 aromatic rings. The first kappa shape index (κ1) is 20.2. The van der Waals surface area contributed by atoms with Crippen LogP contribution in [0.5, 0.6) is 5.75 Å². The first-order valence-corrected chi connectivity index (χ1v) is 11.3. The number of aromatic amines is 1. The number of methoxy groups -OCH3 is 1. The van der Waals surface area contributed by atoms with Crippen molar-refractivity contribution in [1.29, 1.82) is 0 Å². The van der Waals surface area contributed by atoms with Crippen molar-refractivity contribution in [2.24, 2.45) is 0 Å². The Hall–Kier alpha value is -3.13. The first-order chi connectivity index (χ1) is 14.4. The zero-order valence-electron chi connectivity index (χ0n) is 16.9. The van der Waals surface area contributed by atoms with Crippen LogP contribution in [0, 0.1) is 6.92 Å². The van der Waals surface area contributed by atoms with Gasteiger partial charge in [0.15, 0.2) is 0 Å². The van der Waals surface area contributed by atoms with Gasteiger partial charge in [0.1, 0.15) is 5.75 Å². The number of sulfonamides is 1. The number of nitrogens with one attached hydrogen (secondary N) is 2. The Kier molecular flexibility index (Phi) is 5.34. The fourth-order valence-electron chi connectivity index (χ4n) is 3.86. The van der Waals surface area contributed by atoms with E-state index in [0.717, 1.165) is 30.4 Å². The number of nitrogens with zero attached hydrogens (tertiary/aromatic N) is 1. The van der Waals surface area contributed by atoms with E-state index in [1.807, 2.05) is 6.07 Å². The van der Waals surface area contributed by atoms with Crippen LogP contribution in [0.4, 0.5) is 5.69 Å². The van der Waals surface area contributed by atoms with Gasteiger partial charge in [-0.1, -0.05) is 24.3 Å². The molecular formula is C22H23N3O4S. The summed E-state index contributed by atoms with van der Waals surface area (Å²) < 4.78 is 34.2. The number of ether oxygens (including phenoxy) is 1. The van der Waals surface area contributed by atoms with Gasteiger partial charge in [-0.25, -0.2) is 13.5 Å². The van der Waals surface area contributed by atoms with Gasteiger partial charge in [-0.05, 0) is 61.9 Å². The Balaban J connectivity index is 1.79. The first-order valence-electron chi connectivity index (χ1n) is 9.78. The molecule has 30 heavy (non-hydrogen) atoms. The predicted octanol–water partition coefficient (Wildman–Crippen LogP) is 3.43. The van der Waals surface area contributed by atoms with E-state index in [2.05, 4.69) is 14.9 Å². The van der Waals surface area contributed by atoms with Gasteiger partial charge in [-0.15, -0.1) is 0 Å². The molecule has 0 spiro atoms. The lowest BCUT2D eigenvalue weighted by molar-refractivity contribution is 0.417. The van der Waals surface area contributed by atoms with E-state index in [9.17, 15) is 13.2 Å². The molecule has 8 heteroatoms. The number of hydrogen-bond donors (Lipinski definition) is 2. The van der Waals surface area contributed by atoms with E-state index < -0.39 is 10.0 Å². The molecule has 0 amide bonds. The number of anilines is 1. The molecule has 0 fully saturated rings. The average Bonchev–Trinajstić information content (AvgIpc) is 2.75. The largest absolute Gasteiger partial charge is 0.495 e. The molecule has 1 aliphatic rings. The standard InChI is InChI=1S/C22H23N3O4S/c1-14-11-12-15(21-16-7-3-4-8-17(16)22(26)24-23-21)13-20(14)30(27,28)25-18-9-5-6-10-19(18)29-2/h5-6,9-13,25H,3-4,7-8H2,1-2H3,(H,24,26). The molecule has 4 rings (SSSR count). The fourth-order valence-corrected chi connectivity index (χ4v) is 5.21. The number of para-hydroxylation sites is 2. The normalized spacial score (nSPS) is 13.5. The molecule has 156 valence electrons. The zero-order valence-corrected chi connectivity index (χ0v) is 17.7. The highest BCUT2D eigenvalue weighted by atomic mass is 32.2. The predicted molar refractivity (Wildman–Crippen MR) is 115 cm³/mol. The Morgan fingerprint density at radius 3 is 2.57 bits per heavy atom. The second-order valence-corrected chi connectivity index (χ2v) is 9.00. The van der Waals surface area contributed by atoms with Gasteiger partial charge in [-0.2, -0.15) is 5.10 Å². The van der Waals surface area contributed by atoms with Crippen molar-refractivity contribution in [3.05, 3.63) is 69.5 Å². The van der Waals surface area contributed by atoms with E-state index >= 15 is 0 Å². The average molecular weight is 426 g/mol. The van der Waals surface area contributed by atoms with Crippen LogP contribution in [0.15, 0.2) is 52.2 Å². The second kappa shape index (κ2) is 7.95. The van der Waals surface area contributed by atoms with Gasteiger partial charge in [0.05, 0.1) is 23.4 Å². The van der Waals surface area contributed by atoms with Crippen LogP contribution in [0.2, 0.25) is 0 Å². The van der Waals surface area contributed by atoms with Gasteiger partial charge < -0.3 is 4.74 Å². The summed E-state index contributed by atoms with van der Waals surface area (Å²) >= 11 is 0. The molecule has 0 bridgehead atoms. The maximum Gasteiger partial charge on any atom is 0.267 e. The summed E-state index contributed by atoms with van der Waals surface area (Å²) in [5.41, 5.74) is 3.78. The maximum atomic E-state index is 13.2. The van der Waals surface area contributed by atoms with Gasteiger partial charge in [-0.3, -0.25) is 9.52 Å². The number of aryl methyl sites for hydroxylation is 1. The topological polar surface area (TPSA) is 101 Å². The molecule has 1 heterocycles. The Bertz CT molecular complexity index is 1270. The van der Waals surface area contributed by atoms with Crippen LogP contribution >= 0.6 is 0 Å². The summed E-state index contributed by atoms with van der Waals surface area (Å²) in [4.78, 5) is 12.3. The van der Waals surface area contributed by atoms with Crippen LogP contribution in [0.1, 0.15) is 29.5 Å². The highest BCUT2D eigenvalue weighted by molar-refractivity contribution is 7.92. The lowest BCUT2D eigenvalue weighted by Crippen LogP contribution is -2.21. The van der Waals surface area contributed by atoms with E-state index in [4.69, 9.17) is 4.74 Å². The lowest BCUT2D eigenvalue weighted by Gasteiger charge is -2.18. The number of aromatic nitrogens is 2. The van der Waals surface area contributed by atoms with Crippen molar-refractivity contribution in [2.45, 2.75) is 37.5 Å². The Morgan fingerprint density at radius 2 is 1.80 bits per heavy atom. The number of H-pyrrole nitrogens is 1. The number of benzene rings is 2. The van der Waals surface area contributed by atoms with Crippen LogP contribution < -0.4 is 15.0 Å². The molecule has 2 N–H and O–H groups in total. The molecule has 0 unspecified atom stereocenters. The second-order valence-electron chi connectivity index (χ2n) is 7.35. The van der Waals surface area contributed by atoms with Crippen molar-refractivity contribution >= 4 is 15.7 Å². The highest BCUT2D eigenvalue weighted by Crippen LogP contribution is 2.32. The maximum absolute atomic E-state index is 13.2. The molecule has 1 aromatic heterocycles. The van der Waals surface area contributed by atoms with Gasteiger partial charge in [0, 0.05) is 11.1 Å². The van der Waals surface area contributed by atoms with Crippen molar-refractivity contribution in [2.75, 3.05) is 11.8 Å². The SMILES string of the molecule is COc1ccccc1NS(=O)(=O)c1cc(-c2n[nH]c(=O)c3c2CCCC3)ccc1C. The van der Waals surface area contributed by atoms with E-state index in [0.29, 0.717) is 34.7 Å². The molecule has 0 radical (unpaired) electrons. The molecule has 1 aliphatic carbocycles. The fraction of sp³-hybridized carbons (Fsp3) is 0.273. The number of fused-ring (bicyclic) bond motifs is 1. The van der Waals surface area contributed by atoms with Gasteiger partial charge in [0.25, 0.3) is 15.6 Å². The summed E-state index contributed by atoms with van der Waals surface area (Å²) in [6.45, 7) is 1.75. The van der Waals surface area contributed by atoms with Gasteiger partial charge in [0.2, 0.25) is 0 Å². The molecule has 0 atom stereocenters. The van der Waals surface area contributed by atoms with Gasteiger partial charge >= 0.3 is 0 Å². The monoisotopic (exact) mass is 425 g/mol. The third kappa shape index (κ3) is 3.70. The summed E-state index contributed by atoms with van der Waals surface area (Å²) in [5.74, 6) is 0.436. The highest BCUT2D eigenvalue weighted by Gasteiger charge is 2.23.